The fourth-order valence-corrected chi connectivity index (χ4v) is 3.76. The Morgan fingerprint density at radius 1 is 1.18 bits per heavy atom. The molecule has 0 aliphatic rings. The molecule has 0 aliphatic carbocycles. The number of hydrogen-bond donors (Lipinski definition) is 0. The number of rotatable bonds is 5. The van der Waals surface area contributed by atoms with Crippen LogP contribution in [0.3, 0.4) is 0 Å². The molecule has 2 aromatic carbocycles. The van der Waals surface area contributed by atoms with Gasteiger partial charge in [-0.25, -0.2) is 8.42 Å². The first-order valence-corrected chi connectivity index (χ1v) is 8.62. The van der Waals surface area contributed by atoms with Crippen molar-refractivity contribution < 1.29 is 13.3 Å². The van der Waals surface area contributed by atoms with Gasteiger partial charge < -0.3 is 0 Å². The summed E-state index contributed by atoms with van der Waals surface area (Å²) in [6, 6.07) is 11.9. The third kappa shape index (κ3) is 3.28. The molecule has 0 radical (unpaired) electrons. The fourth-order valence-electron chi connectivity index (χ4n) is 1.98. The lowest BCUT2D eigenvalue weighted by Crippen LogP contribution is -2.30. The Morgan fingerprint density at radius 2 is 1.82 bits per heavy atom. The van der Waals surface area contributed by atoms with E-state index in [0.717, 1.165) is 10.5 Å². The lowest BCUT2D eigenvalue weighted by Gasteiger charge is -2.22. The third-order valence-electron chi connectivity index (χ3n) is 3.02. The average molecular weight is 385 g/mol. The van der Waals surface area contributed by atoms with Gasteiger partial charge in [0, 0.05) is 23.2 Å². The van der Waals surface area contributed by atoms with Gasteiger partial charge in [0.2, 0.25) is 0 Å². The molecule has 0 bridgehead atoms. The van der Waals surface area contributed by atoms with Crippen LogP contribution in [0.15, 0.2) is 57.9 Å². The van der Waals surface area contributed by atoms with Gasteiger partial charge in [-0.1, -0.05) is 22.0 Å². The summed E-state index contributed by atoms with van der Waals surface area (Å²) in [5.41, 5.74) is 0.241. The molecule has 0 spiro atoms. The van der Waals surface area contributed by atoms with Gasteiger partial charge in [-0.2, -0.15) is 0 Å². The summed E-state index contributed by atoms with van der Waals surface area (Å²) in [5.74, 6) is 0. The van der Waals surface area contributed by atoms with E-state index in [1.165, 1.54) is 22.5 Å². The smallest absolute Gasteiger partial charge is 0.267 e. The maximum atomic E-state index is 12.7. The number of nitro benzene ring substituents is 1. The number of halogens is 1. The molecule has 0 unspecified atom stereocenters. The van der Waals surface area contributed by atoms with Crippen LogP contribution in [0, 0.1) is 10.1 Å². The van der Waals surface area contributed by atoms with E-state index in [1.54, 1.807) is 31.2 Å². The maximum absolute atomic E-state index is 12.7. The first-order valence-electron chi connectivity index (χ1n) is 6.39. The fraction of sp³-hybridized carbons (Fsp3) is 0.143. The van der Waals surface area contributed by atoms with E-state index >= 15 is 0 Å². The van der Waals surface area contributed by atoms with Crippen molar-refractivity contribution in [2.45, 2.75) is 11.8 Å². The molecule has 0 aliphatic heterocycles. The molecule has 22 heavy (non-hydrogen) atoms. The van der Waals surface area contributed by atoms with Gasteiger partial charge in [-0.3, -0.25) is 14.4 Å². The van der Waals surface area contributed by atoms with Gasteiger partial charge in [-0.05, 0) is 37.3 Å². The van der Waals surface area contributed by atoms with Gasteiger partial charge in [0.1, 0.15) is 0 Å². The predicted octanol–water partition coefficient (Wildman–Crippen LogP) is 3.57. The molecule has 0 saturated heterocycles. The Kier molecular flexibility index (Phi) is 4.82. The molecule has 2 rings (SSSR count). The third-order valence-corrected chi connectivity index (χ3v) is 5.45. The molecule has 6 nitrogen and oxygen atoms in total. The highest BCUT2D eigenvalue weighted by Crippen LogP contribution is 2.26. The number of benzene rings is 2. The SMILES string of the molecule is CCN(c1ccc(Br)cc1)S(=O)(=O)c1cccc([N+](=O)[O-])c1. The molecule has 0 heterocycles. The monoisotopic (exact) mass is 384 g/mol. The van der Waals surface area contributed by atoms with Crippen molar-refractivity contribution in [2.75, 3.05) is 10.8 Å². The van der Waals surface area contributed by atoms with Crippen LogP contribution in [-0.2, 0) is 10.0 Å². The first-order chi connectivity index (χ1) is 10.4. The summed E-state index contributed by atoms with van der Waals surface area (Å²) in [7, 11) is -3.86. The van der Waals surface area contributed by atoms with Crippen LogP contribution in [0.1, 0.15) is 6.92 Å². The molecule has 116 valence electrons. The Hall–Kier alpha value is -1.93. The molecule has 0 fully saturated rings. The highest BCUT2D eigenvalue weighted by atomic mass is 79.9. The second-order valence-corrected chi connectivity index (χ2v) is 7.18. The minimum atomic E-state index is -3.86. The number of non-ortho nitro benzene ring substituents is 1. The molecule has 0 N–H and O–H groups in total. The Balaban J connectivity index is 2.49. The highest BCUT2D eigenvalue weighted by molar-refractivity contribution is 9.10. The molecule has 8 heteroatoms. The maximum Gasteiger partial charge on any atom is 0.270 e. The van der Waals surface area contributed by atoms with E-state index < -0.39 is 14.9 Å². The van der Waals surface area contributed by atoms with Crippen molar-refractivity contribution in [3.63, 3.8) is 0 Å². The second-order valence-electron chi connectivity index (χ2n) is 4.40. The molecular formula is C14H13BrN2O4S. The molecular weight excluding hydrogens is 372 g/mol. The topological polar surface area (TPSA) is 80.5 Å². The van der Waals surface area contributed by atoms with Crippen molar-refractivity contribution in [3.8, 4) is 0 Å². The van der Waals surface area contributed by atoms with Crippen LogP contribution < -0.4 is 4.31 Å². The Bertz CT molecular complexity index is 791. The van der Waals surface area contributed by atoms with E-state index in [-0.39, 0.29) is 17.1 Å². The summed E-state index contributed by atoms with van der Waals surface area (Å²) < 4.78 is 27.5. The van der Waals surface area contributed by atoms with Crippen molar-refractivity contribution in [3.05, 3.63) is 63.1 Å². The molecule has 0 atom stereocenters. The van der Waals surface area contributed by atoms with Crippen molar-refractivity contribution in [2.24, 2.45) is 0 Å². The average Bonchev–Trinajstić information content (AvgIpc) is 2.50. The number of nitrogens with zero attached hydrogens (tertiary/aromatic N) is 2. The van der Waals surface area contributed by atoms with E-state index in [1.807, 2.05) is 0 Å². The van der Waals surface area contributed by atoms with Crippen LogP contribution >= 0.6 is 15.9 Å². The Morgan fingerprint density at radius 3 is 2.36 bits per heavy atom. The minimum Gasteiger partial charge on any atom is -0.267 e. The van der Waals surface area contributed by atoms with E-state index in [4.69, 9.17) is 0 Å². The van der Waals surface area contributed by atoms with E-state index in [0.29, 0.717) is 5.69 Å². The summed E-state index contributed by atoms with van der Waals surface area (Å²) >= 11 is 3.29. The second kappa shape index (κ2) is 6.45. The van der Waals surface area contributed by atoms with Crippen LogP contribution in [0.25, 0.3) is 0 Å². The zero-order valence-electron chi connectivity index (χ0n) is 11.6. The van der Waals surface area contributed by atoms with Gasteiger partial charge in [0.15, 0.2) is 0 Å². The molecule has 0 saturated carbocycles. The van der Waals surface area contributed by atoms with E-state index in [2.05, 4.69) is 15.9 Å². The summed E-state index contributed by atoms with van der Waals surface area (Å²) in [6.07, 6.45) is 0. The van der Waals surface area contributed by atoms with Crippen LogP contribution in [0.5, 0.6) is 0 Å². The number of hydrogen-bond acceptors (Lipinski definition) is 4. The van der Waals surface area contributed by atoms with Crippen molar-refractivity contribution >= 4 is 37.3 Å². The van der Waals surface area contributed by atoms with Gasteiger partial charge in [0.25, 0.3) is 15.7 Å². The van der Waals surface area contributed by atoms with Gasteiger partial charge in [-0.15, -0.1) is 0 Å². The van der Waals surface area contributed by atoms with E-state index in [9.17, 15) is 18.5 Å². The van der Waals surface area contributed by atoms with Crippen molar-refractivity contribution in [1.82, 2.24) is 0 Å². The Labute approximate surface area is 136 Å². The zero-order valence-corrected chi connectivity index (χ0v) is 14.0. The summed E-state index contributed by atoms with van der Waals surface area (Å²) in [5, 5.41) is 10.8. The normalized spacial score (nSPS) is 11.2. The molecule has 0 aromatic heterocycles. The number of sulfonamides is 1. The molecule has 0 amide bonds. The lowest BCUT2D eigenvalue weighted by atomic mass is 10.3. The zero-order chi connectivity index (χ0) is 16.3. The number of nitro groups is 1. The summed E-state index contributed by atoms with van der Waals surface area (Å²) in [4.78, 5) is 10.1. The lowest BCUT2D eigenvalue weighted by molar-refractivity contribution is -0.385. The van der Waals surface area contributed by atoms with Crippen LogP contribution in [0.4, 0.5) is 11.4 Å². The largest absolute Gasteiger partial charge is 0.270 e. The minimum absolute atomic E-state index is 0.105. The van der Waals surface area contributed by atoms with Crippen LogP contribution in [0.2, 0.25) is 0 Å². The summed E-state index contributed by atoms with van der Waals surface area (Å²) in [6.45, 7) is 1.92. The van der Waals surface area contributed by atoms with Crippen molar-refractivity contribution in [1.29, 1.82) is 0 Å². The number of anilines is 1. The van der Waals surface area contributed by atoms with Crippen LogP contribution in [-0.4, -0.2) is 19.9 Å². The van der Waals surface area contributed by atoms with Gasteiger partial charge in [0.05, 0.1) is 15.5 Å². The highest BCUT2D eigenvalue weighted by Gasteiger charge is 2.25. The first kappa shape index (κ1) is 16.4. The standard InChI is InChI=1S/C14H13BrN2O4S/c1-2-16(12-8-6-11(15)7-9-12)22(20,21)14-5-3-4-13(10-14)17(18)19/h3-10H,2H2,1H3. The quantitative estimate of drug-likeness (QED) is 0.582. The molecule has 2 aromatic rings. The predicted molar refractivity (Wildman–Crippen MR) is 87.4 cm³/mol. The van der Waals surface area contributed by atoms with Gasteiger partial charge >= 0.3 is 0 Å².